The van der Waals surface area contributed by atoms with Gasteiger partial charge in [-0.2, -0.15) is 0 Å². The summed E-state index contributed by atoms with van der Waals surface area (Å²) >= 11 is 0. The molecule has 4 heteroatoms. The Morgan fingerprint density at radius 1 is 1.25 bits per heavy atom. The molecule has 0 aliphatic heterocycles. The minimum absolute atomic E-state index is 0.0960. The largest absolute Gasteiger partial charge is 0.478 e. The van der Waals surface area contributed by atoms with E-state index in [-0.39, 0.29) is 5.57 Å². The third-order valence-electron chi connectivity index (χ3n) is 2.78. The Labute approximate surface area is 93.1 Å². The van der Waals surface area contributed by atoms with Gasteiger partial charge in [0.2, 0.25) is 5.79 Å². The van der Waals surface area contributed by atoms with E-state index in [0.29, 0.717) is 0 Å². The van der Waals surface area contributed by atoms with Crippen LogP contribution in [-0.4, -0.2) is 25.3 Å². The van der Waals surface area contributed by atoms with Crippen LogP contribution in [0.4, 0.5) is 0 Å². The summed E-state index contributed by atoms with van der Waals surface area (Å²) in [5.41, 5.74) is 1.62. The van der Waals surface area contributed by atoms with Crippen LogP contribution in [0.25, 0.3) is 6.08 Å². The summed E-state index contributed by atoms with van der Waals surface area (Å²) in [6.07, 6.45) is 1.57. The van der Waals surface area contributed by atoms with Crippen LogP contribution in [0.2, 0.25) is 0 Å². The topological polar surface area (TPSA) is 55.8 Å². The van der Waals surface area contributed by atoms with Crippen LogP contribution in [-0.2, 0) is 20.1 Å². The van der Waals surface area contributed by atoms with Crippen LogP contribution >= 0.6 is 0 Å². The van der Waals surface area contributed by atoms with Crippen molar-refractivity contribution in [1.29, 1.82) is 0 Å². The van der Waals surface area contributed by atoms with Crippen LogP contribution in [0.3, 0.4) is 0 Å². The van der Waals surface area contributed by atoms with Crippen molar-refractivity contribution in [3.63, 3.8) is 0 Å². The average Bonchev–Trinajstić information content (AvgIpc) is 2.64. The van der Waals surface area contributed by atoms with Crippen molar-refractivity contribution in [3.05, 3.63) is 41.0 Å². The number of rotatable bonds is 3. The molecule has 1 aliphatic carbocycles. The van der Waals surface area contributed by atoms with Gasteiger partial charge in [0.05, 0.1) is 0 Å². The predicted octanol–water partition coefficient (Wildman–Crippen LogP) is 1.61. The number of carboxylic acid groups (broad SMARTS) is 1. The predicted molar refractivity (Wildman–Crippen MR) is 57.8 cm³/mol. The molecule has 0 saturated carbocycles. The van der Waals surface area contributed by atoms with Gasteiger partial charge in [0, 0.05) is 19.8 Å². The van der Waals surface area contributed by atoms with Gasteiger partial charge in [0.25, 0.3) is 0 Å². The fourth-order valence-corrected chi connectivity index (χ4v) is 2.04. The zero-order valence-electron chi connectivity index (χ0n) is 9.06. The van der Waals surface area contributed by atoms with Crippen molar-refractivity contribution >= 4 is 12.0 Å². The maximum Gasteiger partial charge on any atom is 0.337 e. The Balaban J connectivity index is 2.65. The molecule has 16 heavy (non-hydrogen) atoms. The van der Waals surface area contributed by atoms with Gasteiger partial charge < -0.3 is 14.6 Å². The van der Waals surface area contributed by atoms with E-state index in [0.717, 1.165) is 11.1 Å². The fourth-order valence-electron chi connectivity index (χ4n) is 2.04. The number of methoxy groups -OCH3 is 2. The number of carboxylic acids is 1. The maximum absolute atomic E-state index is 11.2. The first kappa shape index (κ1) is 10.9. The molecule has 0 radical (unpaired) electrons. The first-order valence-corrected chi connectivity index (χ1v) is 4.81. The Bertz CT molecular complexity index is 458. The molecule has 1 aliphatic rings. The van der Waals surface area contributed by atoms with Gasteiger partial charge in [0.1, 0.15) is 5.57 Å². The van der Waals surface area contributed by atoms with E-state index in [2.05, 4.69) is 0 Å². The minimum Gasteiger partial charge on any atom is -0.478 e. The highest BCUT2D eigenvalue weighted by molar-refractivity contribution is 5.97. The second kappa shape index (κ2) is 3.73. The van der Waals surface area contributed by atoms with Crippen molar-refractivity contribution in [1.82, 2.24) is 0 Å². The van der Waals surface area contributed by atoms with Gasteiger partial charge in [-0.25, -0.2) is 4.79 Å². The molecule has 1 aromatic rings. The summed E-state index contributed by atoms with van der Waals surface area (Å²) < 4.78 is 10.6. The Morgan fingerprint density at radius 3 is 2.44 bits per heavy atom. The molecule has 0 spiro atoms. The van der Waals surface area contributed by atoms with E-state index in [1.54, 1.807) is 12.1 Å². The molecular formula is C12H12O4. The Hall–Kier alpha value is -1.65. The molecule has 0 atom stereocenters. The van der Waals surface area contributed by atoms with Gasteiger partial charge in [-0.15, -0.1) is 0 Å². The molecule has 2 rings (SSSR count). The van der Waals surface area contributed by atoms with Crippen molar-refractivity contribution in [2.75, 3.05) is 14.2 Å². The summed E-state index contributed by atoms with van der Waals surface area (Å²) in [6, 6.07) is 7.30. The number of fused-ring (bicyclic) bond motifs is 1. The van der Waals surface area contributed by atoms with Gasteiger partial charge in [-0.1, -0.05) is 24.3 Å². The smallest absolute Gasteiger partial charge is 0.337 e. The molecule has 0 fully saturated rings. The monoisotopic (exact) mass is 220 g/mol. The van der Waals surface area contributed by atoms with Gasteiger partial charge in [0.15, 0.2) is 0 Å². The first-order valence-electron chi connectivity index (χ1n) is 4.81. The molecule has 0 unspecified atom stereocenters. The highest BCUT2D eigenvalue weighted by Gasteiger charge is 2.45. The maximum atomic E-state index is 11.2. The zero-order valence-corrected chi connectivity index (χ0v) is 9.06. The molecular weight excluding hydrogens is 208 g/mol. The van der Waals surface area contributed by atoms with Gasteiger partial charge in [-0.05, 0) is 11.6 Å². The summed E-state index contributed by atoms with van der Waals surface area (Å²) in [5, 5.41) is 9.15. The lowest BCUT2D eigenvalue weighted by Gasteiger charge is -2.28. The fraction of sp³-hybridized carbons (Fsp3) is 0.250. The molecule has 0 saturated heterocycles. The lowest BCUT2D eigenvalue weighted by atomic mass is 10.0. The Kier molecular flexibility index (Phi) is 2.53. The summed E-state index contributed by atoms with van der Waals surface area (Å²) in [6.45, 7) is 0. The molecule has 0 bridgehead atoms. The number of carbonyl (C=O) groups is 1. The van der Waals surface area contributed by atoms with E-state index < -0.39 is 11.8 Å². The molecule has 1 N–H and O–H groups in total. The van der Waals surface area contributed by atoms with Crippen LogP contribution < -0.4 is 0 Å². The second-order valence-electron chi connectivity index (χ2n) is 3.48. The van der Waals surface area contributed by atoms with Crippen molar-refractivity contribution in [2.45, 2.75) is 5.79 Å². The normalized spacial score (nSPS) is 16.8. The van der Waals surface area contributed by atoms with Crippen molar-refractivity contribution in [2.24, 2.45) is 0 Å². The third kappa shape index (κ3) is 1.27. The number of hydrogen-bond acceptors (Lipinski definition) is 3. The second-order valence-corrected chi connectivity index (χ2v) is 3.48. The van der Waals surface area contributed by atoms with Crippen molar-refractivity contribution in [3.8, 4) is 0 Å². The Morgan fingerprint density at radius 2 is 1.88 bits per heavy atom. The molecule has 0 heterocycles. The highest BCUT2D eigenvalue weighted by Crippen LogP contribution is 2.42. The van der Waals surface area contributed by atoms with Gasteiger partial charge in [-0.3, -0.25) is 0 Å². The number of ether oxygens (including phenoxy) is 2. The molecule has 0 amide bonds. The van der Waals surface area contributed by atoms with E-state index in [1.807, 2.05) is 18.2 Å². The van der Waals surface area contributed by atoms with Crippen molar-refractivity contribution < 1.29 is 19.4 Å². The van der Waals surface area contributed by atoms with Crippen LogP contribution in [0.15, 0.2) is 29.8 Å². The molecule has 1 aromatic carbocycles. The first-order chi connectivity index (χ1) is 7.65. The third-order valence-corrected chi connectivity index (χ3v) is 2.78. The average molecular weight is 220 g/mol. The number of hydrogen-bond donors (Lipinski definition) is 1. The minimum atomic E-state index is -1.29. The number of benzene rings is 1. The van der Waals surface area contributed by atoms with Gasteiger partial charge >= 0.3 is 5.97 Å². The number of aliphatic carboxylic acids is 1. The summed E-state index contributed by atoms with van der Waals surface area (Å²) in [4.78, 5) is 11.2. The molecule has 0 aromatic heterocycles. The van der Waals surface area contributed by atoms with Crippen LogP contribution in [0, 0.1) is 0 Å². The summed E-state index contributed by atoms with van der Waals surface area (Å²) in [7, 11) is 2.87. The lowest BCUT2D eigenvalue weighted by molar-refractivity contribution is -0.190. The standard InChI is InChI=1S/C12H12O4/c1-15-12(16-2)9-6-4-3-5-8(9)7-10(12)11(13)14/h3-7H,1-2H3,(H,13,14). The van der Waals surface area contributed by atoms with Crippen LogP contribution in [0.1, 0.15) is 11.1 Å². The zero-order chi connectivity index (χ0) is 11.8. The molecule has 84 valence electrons. The summed E-state index contributed by atoms with van der Waals surface area (Å²) in [5.74, 6) is -2.33. The van der Waals surface area contributed by atoms with Crippen LogP contribution in [0.5, 0.6) is 0 Å². The quantitative estimate of drug-likeness (QED) is 0.786. The highest BCUT2D eigenvalue weighted by atomic mass is 16.7. The van der Waals surface area contributed by atoms with E-state index in [1.165, 1.54) is 14.2 Å². The lowest BCUT2D eigenvalue weighted by Crippen LogP contribution is -2.34. The van der Waals surface area contributed by atoms with E-state index in [9.17, 15) is 4.79 Å². The SMILES string of the molecule is COC1(OC)C(C(=O)O)=Cc2ccccc21. The molecule has 4 nitrogen and oxygen atoms in total. The van der Waals surface area contributed by atoms with E-state index in [4.69, 9.17) is 14.6 Å². The van der Waals surface area contributed by atoms with E-state index >= 15 is 0 Å².